The Morgan fingerprint density at radius 3 is 2.23 bits per heavy atom. The van der Waals surface area contributed by atoms with Gasteiger partial charge in [0.15, 0.2) is 0 Å². The Morgan fingerprint density at radius 2 is 1.60 bits per heavy atom. The van der Waals surface area contributed by atoms with Gasteiger partial charge in [-0.25, -0.2) is 0 Å². The number of aliphatic hydroxyl groups excluding tert-OH is 1. The number of aliphatic hydroxyl groups is 1. The Balaban J connectivity index is 1.41. The lowest BCUT2D eigenvalue weighted by Crippen LogP contribution is -2.35. The number of imide groups is 1. The summed E-state index contributed by atoms with van der Waals surface area (Å²) in [4.78, 5) is 40.3. The molecule has 0 bridgehead atoms. The largest absolute Gasteiger partial charge is 0.492 e. The van der Waals surface area contributed by atoms with Crippen LogP contribution in [0.25, 0.3) is 0 Å². The van der Waals surface area contributed by atoms with Crippen LogP contribution < -0.4 is 10.2 Å². The smallest absolute Gasteiger partial charge is 0.253 e. The predicted molar refractivity (Wildman–Crippen MR) is 100 cm³/mol. The maximum Gasteiger partial charge on any atom is 0.253 e. The Labute approximate surface area is 172 Å². The maximum absolute atomic E-state index is 11.7. The van der Waals surface area contributed by atoms with Crippen molar-refractivity contribution in [2.24, 2.45) is 0 Å². The molecule has 1 unspecified atom stereocenters. The molecular weight excluding hydrogens is 402 g/mol. The molecule has 2 rings (SSSR count). The number of aromatic hydroxyl groups is 2. The average molecular weight is 427 g/mol. The van der Waals surface area contributed by atoms with Gasteiger partial charge in [0.25, 0.3) is 11.8 Å². The van der Waals surface area contributed by atoms with Gasteiger partial charge in [0, 0.05) is 50.2 Å². The van der Waals surface area contributed by atoms with Gasteiger partial charge in [-0.1, -0.05) is 0 Å². The molecular formula is C18H25N3O9. The molecule has 1 aromatic heterocycles. The van der Waals surface area contributed by atoms with Crippen LogP contribution in [0.3, 0.4) is 0 Å². The van der Waals surface area contributed by atoms with Crippen LogP contribution in [0.15, 0.2) is 24.3 Å². The third-order valence-electron chi connectivity index (χ3n) is 3.94. The minimum atomic E-state index is -1.28. The molecule has 0 fully saturated rings. The van der Waals surface area contributed by atoms with Crippen molar-refractivity contribution in [3.63, 3.8) is 0 Å². The first kappa shape index (κ1) is 23.2. The van der Waals surface area contributed by atoms with Gasteiger partial charge in [0.1, 0.15) is 0 Å². The van der Waals surface area contributed by atoms with Gasteiger partial charge >= 0.3 is 0 Å². The van der Waals surface area contributed by atoms with Crippen LogP contribution >= 0.6 is 0 Å². The lowest BCUT2D eigenvalue weighted by Gasteiger charge is -2.15. The van der Waals surface area contributed by atoms with Gasteiger partial charge in [-0.15, -0.1) is 4.73 Å². The first-order chi connectivity index (χ1) is 14.4. The third kappa shape index (κ3) is 7.39. The third-order valence-corrected chi connectivity index (χ3v) is 3.94. The van der Waals surface area contributed by atoms with E-state index >= 15 is 0 Å². The molecule has 1 aliphatic rings. The number of nitrogens with zero attached hydrogens (tertiary/aromatic N) is 2. The van der Waals surface area contributed by atoms with Crippen molar-refractivity contribution in [3.8, 4) is 11.8 Å². The molecule has 1 aliphatic heterocycles. The van der Waals surface area contributed by atoms with Crippen LogP contribution in [-0.4, -0.2) is 88.5 Å². The van der Waals surface area contributed by atoms with Gasteiger partial charge in [-0.05, 0) is 0 Å². The van der Waals surface area contributed by atoms with E-state index in [1.807, 2.05) is 0 Å². The summed E-state index contributed by atoms with van der Waals surface area (Å²) < 4.78 is 11.2. The van der Waals surface area contributed by atoms with Crippen molar-refractivity contribution in [1.82, 2.24) is 14.9 Å². The fourth-order valence-corrected chi connectivity index (χ4v) is 2.41. The van der Waals surface area contributed by atoms with Crippen LogP contribution in [-0.2, 0) is 23.9 Å². The topological polar surface area (TPSA) is 160 Å². The van der Waals surface area contributed by atoms with E-state index in [1.54, 1.807) is 0 Å². The van der Waals surface area contributed by atoms with Gasteiger partial charge in [0.05, 0.1) is 26.4 Å². The summed E-state index contributed by atoms with van der Waals surface area (Å²) in [5.74, 6) is -1.82. The van der Waals surface area contributed by atoms with E-state index in [2.05, 4.69) is 5.32 Å². The van der Waals surface area contributed by atoms with Crippen molar-refractivity contribution in [2.75, 3.05) is 39.5 Å². The lowest BCUT2D eigenvalue weighted by molar-refractivity contribution is -0.137. The van der Waals surface area contributed by atoms with Crippen molar-refractivity contribution in [3.05, 3.63) is 24.3 Å². The summed E-state index contributed by atoms with van der Waals surface area (Å²) in [6.07, 6.45) is 1.17. The highest BCUT2D eigenvalue weighted by molar-refractivity contribution is 6.13. The molecule has 0 aromatic carbocycles. The number of aromatic nitrogens is 1. The van der Waals surface area contributed by atoms with Crippen molar-refractivity contribution in [2.45, 2.75) is 19.1 Å². The molecule has 0 aliphatic carbocycles. The molecule has 0 radical (unpaired) electrons. The van der Waals surface area contributed by atoms with Gasteiger partial charge in [0.2, 0.25) is 24.0 Å². The fraction of sp³-hybridized carbons (Fsp3) is 0.500. The first-order valence-corrected chi connectivity index (χ1v) is 9.29. The lowest BCUT2D eigenvalue weighted by atomic mass is 10.3. The number of hydrogen-bond acceptors (Lipinski definition) is 9. The molecule has 0 spiro atoms. The van der Waals surface area contributed by atoms with E-state index < -0.39 is 18.1 Å². The Bertz CT molecular complexity index is 725. The Kier molecular flexibility index (Phi) is 9.12. The SMILES string of the molecule is O=C(CCN1C(=O)C=CC1=O)NCCOCCOCCC(O)On1c(O)ccc1O. The first-order valence-electron chi connectivity index (χ1n) is 9.29. The standard InChI is InChI=1S/C18H25N3O9/c22-13(5-8-20-14(23)1-2-15(20)24)19-7-10-29-12-11-28-9-6-18(27)30-21-16(25)3-4-17(21)26/h1-4,18,25-27H,5-12H2,(H,19,22). The maximum atomic E-state index is 11.7. The molecule has 166 valence electrons. The van der Waals surface area contributed by atoms with Crippen molar-refractivity contribution >= 4 is 17.7 Å². The number of hydrogen-bond donors (Lipinski definition) is 4. The molecule has 30 heavy (non-hydrogen) atoms. The van der Waals surface area contributed by atoms with E-state index in [1.165, 1.54) is 24.3 Å². The summed E-state index contributed by atoms with van der Waals surface area (Å²) in [7, 11) is 0. The quantitative estimate of drug-likeness (QED) is 0.157. The van der Waals surface area contributed by atoms with Crippen LogP contribution in [0.1, 0.15) is 12.8 Å². The van der Waals surface area contributed by atoms with E-state index in [0.717, 1.165) is 4.90 Å². The number of carbonyl (C=O) groups is 3. The molecule has 1 atom stereocenters. The number of amides is 3. The zero-order valence-electron chi connectivity index (χ0n) is 16.2. The minimum Gasteiger partial charge on any atom is -0.492 e. The van der Waals surface area contributed by atoms with Crippen LogP contribution in [0.4, 0.5) is 0 Å². The normalized spacial score (nSPS) is 14.4. The van der Waals surface area contributed by atoms with Crippen LogP contribution in [0.2, 0.25) is 0 Å². The zero-order chi connectivity index (χ0) is 21.9. The van der Waals surface area contributed by atoms with Crippen LogP contribution in [0.5, 0.6) is 11.8 Å². The molecule has 4 N–H and O–H groups in total. The summed E-state index contributed by atoms with van der Waals surface area (Å²) in [5, 5.41) is 31.1. The second-order valence-corrected chi connectivity index (χ2v) is 6.18. The van der Waals surface area contributed by atoms with E-state index in [9.17, 15) is 29.7 Å². The predicted octanol–water partition coefficient (Wildman–Crippen LogP) is -1.50. The fourth-order valence-electron chi connectivity index (χ4n) is 2.41. The second-order valence-electron chi connectivity index (χ2n) is 6.18. The summed E-state index contributed by atoms with van der Waals surface area (Å²) in [6.45, 7) is 1.25. The average Bonchev–Trinajstić information content (AvgIpc) is 3.20. The number of nitrogens with one attached hydrogen (secondary N) is 1. The van der Waals surface area contributed by atoms with Gasteiger partial charge in [-0.2, -0.15) is 0 Å². The van der Waals surface area contributed by atoms with Crippen molar-refractivity contribution < 1.29 is 44.0 Å². The van der Waals surface area contributed by atoms with Gasteiger partial charge in [-0.3, -0.25) is 19.3 Å². The molecule has 0 saturated carbocycles. The van der Waals surface area contributed by atoms with Crippen molar-refractivity contribution in [1.29, 1.82) is 0 Å². The molecule has 0 saturated heterocycles. The molecule has 12 nitrogen and oxygen atoms in total. The monoisotopic (exact) mass is 427 g/mol. The van der Waals surface area contributed by atoms with Gasteiger partial charge < -0.3 is 34.9 Å². The molecule has 1 aromatic rings. The van der Waals surface area contributed by atoms with E-state index in [4.69, 9.17) is 14.3 Å². The van der Waals surface area contributed by atoms with E-state index in [-0.39, 0.29) is 70.0 Å². The number of rotatable bonds is 14. The molecule has 3 amide bonds. The molecule has 12 heteroatoms. The summed E-state index contributed by atoms with van der Waals surface area (Å²) >= 11 is 0. The number of carbonyl (C=O) groups excluding carboxylic acids is 3. The van der Waals surface area contributed by atoms with Crippen LogP contribution in [0, 0.1) is 0 Å². The summed E-state index contributed by atoms with van der Waals surface area (Å²) in [6, 6.07) is 2.43. The highest BCUT2D eigenvalue weighted by Gasteiger charge is 2.23. The highest BCUT2D eigenvalue weighted by Crippen LogP contribution is 2.19. The highest BCUT2D eigenvalue weighted by atomic mass is 16.7. The second kappa shape index (κ2) is 11.8. The zero-order valence-corrected chi connectivity index (χ0v) is 16.2. The minimum absolute atomic E-state index is 0.0191. The van der Waals surface area contributed by atoms with E-state index in [0.29, 0.717) is 4.73 Å². The molecule has 2 heterocycles. The summed E-state index contributed by atoms with van der Waals surface area (Å²) in [5.41, 5.74) is 0. The Morgan fingerprint density at radius 1 is 1.00 bits per heavy atom. The number of ether oxygens (including phenoxy) is 2. The Hall–Kier alpha value is -3.09.